The van der Waals surface area contributed by atoms with Crippen molar-refractivity contribution in [2.45, 2.75) is 6.42 Å². The van der Waals surface area contributed by atoms with Gasteiger partial charge in [-0.25, -0.2) is 9.77 Å². The van der Waals surface area contributed by atoms with Gasteiger partial charge >= 0.3 is 0 Å². The summed E-state index contributed by atoms with van der Waals surface area (Å²) in [5.74, 6) is 0.737. The molecule has 0 unspecified atom stereocenters. The van der Waals surface area contributed by atoms with Gasteiger partial charge < -0.3 is 4.42 Å². The Balaban J connectivity index is 1.61. The molecule has 4 rings (SSSR count). The van der Waals surface area contributed by atoms with Crippen LogP contribution in [0.5, 0.6) is 0 Å². The van der Waals surface area contributed by atoms with Crippen molar-refractivity contribution in [2.24, 2.45) is 0 Å². The second-order valence-corrected chi connectivity index (χ2v) is 5.90. The van der Waals surface area contributed by atoms with Crippen LogP contribution in [0.4, 0.5) is 0 Å². The van der Waals surface area contributed by atoms with E-state index in [1.165, 1.54) is 10.9 Å². The monoisotopic (exact) mass is 350 g/mol. The highest BCUT2D eigenvalue weighted by Gasteiger charge is 2.14. The van der Waals surface area contributed by atoms with Crippen LogP contribution in [0, 0.1) is 4.77 Å². The van der Waals surface area contributed by atoms with Crippen molar-refractivity contribution in [3.05, 3.63) is 71.2 Å². The van der Waals surface area contributed by atoms with Gasteiger partial charge in [0.15, 0.2) is 5.76 Å². The number of benzene rings is 2. The minimum Gasteiger partial charge on any atom is -0.461 e. The third-order valence-corrected chi connectivity index (χ3v) is 4.16. The summed E-state index contributed by atoms with van der Waals surface area (Å²) in [7, 11) is 0. The smallest absolute Gasteiger partial charge is 0.243 e. The highest BCUT2D eigenvalue weighted by atomic mass is 32.1. The van der Waals surface area contributed by atoms with Crippen LogP contribution in [0.3, 0.4) is 0 Å². The van der Waals surface area contributed by atoms with Gasteiger partial charge in [0, 0.05) is 0 Å². The molecule has 2 heterocycles. The van der Waals surface area contributed by atoms with Crippen molar-refractivity contribution in [1.29, 1.82) is 0 Å². The van der Waals surface area contributed by atoms with Gasteiger partial charge in [-0.15, -0.1) is 5.10 Å². The zero-order valence-electron chi connectivity index (χ0n) is 13.1. The summed E-state index contributed by atoms with van der Waals surface area (Å²) in [6.45, 7) is 0. The largest absolute Gasteiger partial charge is 0.461 e. The zero-order chi connectivity index (χ0) is 17.2. The summed E-state index contributed by atoms with van der Waals surface area (Å²) in [5, 5.41) is 8.93. The predicted octanol–water partition coefficient (Wildman–Crippen LogP) is 3.67. The molecule has 2 aromatic carbocycles. The van der Waals surface area contributed by atoms with Gasteiger partial charge in [-0.1, -0.05) is 42.5 Å². The number of rotatable bonds is 4. The lowest BCUT2D eigenvalue weighted by molar-refractivity contribution is -0.116. The fourth-order valence-electron chi connectivity index (χ4n) is 2.76. The first-order valence-corrected chi connectivity index (χ1v) is 8.11. The minimum absolute atomic E-state index is 0.193. The molecule has 6 nitrogen and oxygen atoms in total. The van der Waals surface area contributed by atoms with Crippen molar-refractivity contribution < 1.29 is 9.21 Å². The standard InChI is InChI=1S/C18H14N4O2S/c23-16(11-13-7-3-6-12-5-1-2-8-14(12)13)21-22-17(19-20-18(22)25)15-9-4-10-24-15/h1-10H,11H2,(H,20,25)(H,21,23). The molecule has 0 aliphatic heterocycles. The number of aromatic nitrogens is 3. The lowest BCUT2D eigenvalue weighted by atomic mass is 10.0. The average Bonchev–Trinajstić information content (AvgIpc) is 3.26. The van der Waals surface area contributed by atoms with Crippen molar-refractivity contribution in [2.75, 3.05) is 5.43 Å². The molecule has 1 amide bonds. The van der Waals surface area contributed by atoms with Crippen molar-refractivity contribution in [3.63, 3.8) is 0 Å². The van der Waals surface area contributed by atoms with Crippen molar-refractivity contribution >= 4 is 28.9 Å². The summed E-state index contributed by atoms with van der Waals surface area (Å²) in [6, 6.07) is 17.4. The van der Waals surface area contributed by atoms with Crippen molar-refractivity contribution in [1.82, 2.24) is 14.9 Å². The summed E-state index contributed by atoms with van der Waals surface area (Å²) < 4.78 is 7.04. The first-order chi connectivity index (χ1) is 12.2. The topological polar surface area (TPSA) is 75.8 Å². The van der Waals surface area contributed by atoms with Crippen molar-refractivity contribution in [3.8, 4) is 11.6 Å². The number of hydrogen-bond donors (Lipinski definition) is 2. The molecule has 0 spiro atoms. The SMILES string of the molecule is O=C(Cc1cccc2ccccc12)Nn1c(-c2ccco2)n[nH]c1=S. The normalized spacial score (nSPS) is 10.9. The summed E-state index contributed by atoms with van der Waals surface area (Å²) in [4.78, 5) is 12.5. The van der Waals surface area contributed by atoms with Crippen LogP contribution in [-0.2, 0) is 11.2 Å². The van der Waals surface area contributed by atoms with E-state index in [0.717, 1.165) is 16.3 Å². The molecular weight excluding hydrogens is 336 g/mol. The van der Waals surface area contributed by atoms with E-state index in [4.69, 9.17) is 16.6 Å². The summed E-state index contributed by atoms with van der Waals surface area (Å²) in [6.07, 6.45) is 1.77. The van der Waals surface area contributed by atoms with Crippen LogP contribution < -0.4 is 5.43 Å². The molecule has 25 heavy (non-hydrogen) atoms. The van der Waals surface area contributed by atoms with E-state index in [9.17, 15) is 4.79 Å². The maximum absolute atomic E-state index is 12.5. The van der Waals surface area contributed by atoms with Crippen LogP contribution >= 0.6 is 12.2 Å². The van der Waals surface area contributed by atoms with Gasteiger partial charge in [-0.3, -0.25) is 10.2 Å². The Hall–Kier alpha value is -3.19. The van der Waals surface area contributed by atoms with Gasteiger partial charge in [-0.05, 0) is 40.7 Å². The van der Waals surface area contributed by atoms with E-state index in [1.807, 2.05) is 42.5 Å². The molecule has 0 aliphatic carbocycles. The second-order valence-electron chi connectivity index (χ2n) is 5.52. The molecule has 2 N–H and O–H groups in total. The first-order valence-electron chi connectivity index (χ1n) is 7.70. The van der Waals surface area contributed by atoms with Crippen LogP contribution in [0.25, 0.3) is 22.4 Å². The zero-order valence-corrected chi connectivity index (χ0v) is 13.9. The number of nitrogens with one attached hydrogen (secondary N) is 2. The van der Waals surface area contributed by atoms with Gasteiger partial charge in [0.2, 0.25) is 16.5 Å². The van der Waals surface area contributed by atoms with E-state index in [1.54, 1.807) is 12.1 Å². The minimum atomic E-state index is -0.193. The maximum atomic E-state index is 12.5. The molecule has 0 radical (unpaired) electrons. The molecule has 0 atom stereocenters. The molecule has 0 bridgehead atoms. The molecule has 124 valence electrons. The molecule has 2 aromatic heterocycles. The van der Waals surface area contributed by atoms with Gasteiger partial charge in [0.25, 0.3) is 0 Å². The Labute approximate surface area is 148 Å². The van der Waals surface area contributed by atoms with E-state index in [2.05, 4.69) is 15.6 Å². The van der Waals surface area contributed by atoms with E-state index in [0.29, 0.717) is 11.6 Å². The quantitative estimate of drug-likeness (QED) is 0.551. The molecule has 0 saturated heterocycles. The van der Waals surface area contributed by atoms with Gasteiger partial charge in [0.1, 0.15) is 0 Å². The number of furan rings is 1. The molecule has 0 saturated carbocycles. The number of carbonyl (C=O) groups excluding carboxylic acids is 1. The molecular formula is C18H14N4O2S. The van der Waals surface area contributed by atoms with Crippen LogP contribution in [-0.4, -0.2) is 20.8 Å². The van der Waals surface area contributed by atoms with E-state index >= 15 is 0 Å². The fraction of sp³-hybridized carbons (Fsp3) is 0.0556. The number of aromatic amines is 1. The fourth-order valence-corrected chi connectivity index (χ4v) is 2.93. The Morgan fingerprint density at radius 3 is 2.84 bits per heavy atom. The number of amides is 1. The van der Waals surface area contributed by atoms with E-state index in [-0.39, 0.29) is 17.1 Å². The number of carbonyl (C=O) groups is 1. The third-order valence-electron chi connectivity index (χ3n) is 3.88. The molecule has 0 fully saturated rings. The lowest BCUT2D eigenvalue weighted by Gasteiger charge is -2.09. The third kappa shape index (κ3) is 2.97. The van der Waals surface area contributed by atoms with Gasteiger partial charge in [0.05, 0.1) is 12.7 Å². The van der Waals surface area contributed by atoms with Crippen LogP contribution in [0.2, 0.25) is 0 Å². The van der Waals surface area contributed by atoms with E-state index < -0.39 is 0 Å². The molecule has 7 heteroatoms. The van der Waals surface area contributed by atoms with Crippen LogP contribution in [0.15, 0.2) is 65.3 Å². The summed E-state index contributed by atoms with van der Waals surface area (Å²) >= 11 is 5.20. The molecule has 4 aromatic rings. The highest BCUT2D eigenvalue weighted by molar-refractivity contribution is 7.71. The molecule has 0 aliphatic rings. The predicted molar refractivity (Wildman–Crippen MR) is 97.1 cm³/mol. The Kier molecular flexibility index (Phi) is 3.91. The first kappa shape index (κ1) is 15.3. The lowest BCUT2D eigenvalue weighted by Crippen LogP contribution is -2.25. The van der Waals surface area contributed by atoms with Gasteiger partial charge in [-0.2, -0.15) is 0 Å². The number of fused-ring (bicyclic) bond motifs is 1. The van der Waals surface area contributed by atoms with Crippen LogP contribution in [0.1, 0.15) is 5.56 Å². The average molecular weight is 350 g/mol. The number of H-pyrrole nitrogens is 1. The maximum Gasteiger partial charge on any atom is 0.243 e. The Bertz CT molecular complexity index is 1090. The number of hydrogen-bond acceptors (Lipinski definition) is 4. The number of nitrogens with zero attached hydrogens (tertiary/aromatic N) is 2. The Morgan fingerprint density at radius 1 is 1.16 bits per heavy atom. The highest BCUT2D eigenvalue weighted by Crippen LogP contribution is 2.20. The second kappa shape index (κ2) is 6.37. The summed E-state index contributed by atoms with van der Waals surface area (Å²) in [5.41, 5.74) is 3.73. The Morgan fingerprint density at radius 2 is 2.00 bits per heavy atom.